The Balaban J connectivity index is 1.33. The van der Waals surface area contributed by atoms with Crippen molar-refractivity contribution in [1.29, 1.82) is 0 Å². The zero-order valence-corrected chi connectivity index (χ0v) is 25.5. The largest absolute Gasteiger partial charge is 0.593 e. The molecule has 1 N–H and O–H groups in total. The highest BCUT2D eigenvalue weighted by Crippen LogP contribution is 2.32. The first kappa shape index (κ1) is 30.5. The van der Waals surface area contributed by atoms with Crippen molar-refractivity contribution in [2.45, 2.75) is 44.6 Å². The van der Waals surface area contributed by atoms with Crippen LogP contribution in [0.1, 0.15) is 33.3 Å². The number of halogens is 2. The Morgan fingerprint density at radius 2 is 1.84 bits per heavy atom. The third-order valence-corrected chi connectivity index (χ3v) is 8.60. The van der Waals surface area contributed by atoms with Gasteiger partial charge in [-0.05, 0) is 57.5 Å². The minimum atomic E-state index is -1.41. The van der Waals surface area contributed by atoms with Gasteiger partial charge in [-0.25, -0.2) is 19.2 Å². The molecule has 1 amide bonds. The summed E-state index contributed by atoms with van der Waals surface area (Å²) in [6, 6.07) is 8.36. The van der Waals surface area contributed by atoms with Gasteiger partial charge < -0.3 is 24.2 Å². The minimum Gasteiger partial charge on any atom is -0.593 e. The summed E-state index contributed by atoms with van der Waals surface area (Å²) in [7, 11) is 1.28. The smallest absolute Gasteiger partial charge is 0.410 e. The van der Waals surface area contributed by atoms with Crippen molar-refractivity contribution in [2.24, 2.45) is 0 Å². The molecule has 1 saturated heterocycles. The van der Waals surface area contributed by atoms with Crippen molar-refractivity contribution < 1.29 is 27.6 Å². The Morgan fingerprint density at radius 3 is 2.51 bits per heavy atom. The number of rotatable bonds is 7. The van der Waals surface area contributed by atoms with Gasteiger partial charge in [0.25, 0.3) is 0 Å². The number of carbonyl (C=O) groups excluding carboxylic acids is 1. The number of amides is 1. The Labute approximate surface area is 251 Å². The number of imidazole rings is 1. The first-order valence-corrected chi connectivity index (χ1v) is 15.0. The molecule has 43 heavy (non-hydrogen) atoms. The van der Waals surface area contributed by atoms with Crippen molar-refractivity contribution in [3.05, 3.63) is 66.1 Å². The third-order valence-electron chi connectivity index (χ3n) is 6.99. The lowest BCUT2D eigenvalue weighted by molar-refractivity contribution is 0.0192. The second-order valence-corrected chi connectivity index (χ2v) is 12.5. The molecule has 1 unspecified atom stereocenters. The molecule has 0 saturated carbocycles. The number of aryl methyl sites for hydroxylation is 1. The molecule has 0 radical (unpaired) electrons. The summed E-state index contributed by atoms with van der Waals surface area (Å²) in [4.78, 5) is 23.6. The fourth-order valence-electron chi connectivity index (χ4n) is 4.84. The SMILES string of the molecule is CCc1cc(Nc2nccn3c(-c4ccc(OC)c(F)c4F)cnc23)ccc1[S+]([O-])N1CCN(C(=O)OC(C)(C)C)CC1. The molecule has 1 aliphatic rings. The molecule has 2 aromatic carbocycles. The van der Waals surface area contributed by atoms with Crippen molar-refractivity contribution in [1.82, 2.24) is 23.6 Å². The highest BCUT2D eigenvalue weighted by Gasteiger charge is 2.32. The fourth-order valence-corrected chi connectivity index (χ4v) is 6.22. The predicted octanol–water partition coefficient (Wildman–Crippen LogP) is 5.56. The Morgan fingerprint density at radius 1 is 1.09 bits per heavy atom. The molecule has 4 aromatic rings. The normalized spacial score (nSPS) is 15.0. The molecule has 1 aliphatic heterocycles. The lowest BCUT2D eigenvalue weighted by Gasteiger charge is -2.35. The first-order chi connectivity index (χ1) is 20.5. The van der Waals surface area contributed by atoms with Crippen LogP contribution < -0.4 is 10.1 Å². The zero-order valence-electron chi connectivity index (χ0n) is 24.7. The molecule has 228 valence electrons. The predicted molar refractivity (Wildman–Crippen MR) is 160 cm³/mol. The average Bonchev–Trinajstić information content (AvgIpc) is 3.42. The molecule has 1 fully saturated rings. The van der Waals surface area contributed by atoms with Crippen LogP contribution in [0.4, 0.5) is 25.1 Å². The van der Waals surface area contributed by atoms with Gasteiger partial charge in [-0.3, -0.25) is 4.40 Å². The van der Waals surface area contributed by atoms with Gasteiger partial charge in [-0.2, -0.15) is 4.39 Å². The Hall–Kier alpha value is -3.94. The summed E-state index contributed by atoms with van der Waals surface area (Å²) in [5, 5.41) is 3.26. The molecule has 0 bridgehead atoms. The average molecular weight is 613 g/mol. The maximum Gasteiger partial charge on any atom is 0.410 e. The zero-order chi connectivity index (χ0) is 30.9. The van der Waals surface area contributed by atoms with E-state index in [4.69, 9.17) is 9.47 Å². The fraction of sp³-hybridized carbons (Fsp3) is 0.367. The van der Waals surface area contributed by atoms with Crippen molar-refractivity contribution >= 4 is 34.6 Å². The van der Waals surface area contributed by atoms with Crippen LogP contribution in [0.3, 0.4) is 0 Å². The van der Waals surface area contributed by atoms with Gasteiger partial charge in [0.15, 0.2) is 27.9 Å². The van der Waals surface area contributed by atoms with Crippen LogP contribution in [0.2, 0.25) is 0 Å². The molecule has 3 heterocycles. The first-order valence-electron chi connectivity index (χ1n) is 13.9. The number of benzene rings is 2. The number of hydrogen-bond donors (Lipinski definition) is 1. The van der Waals surface area contributed by atoms with Crippen LogP contribution in [-0.2, 0) is 22.5 Å². The van der Waals surface area contributed by atoms with E-state index in [1.165, 1.54) is 25.4 Å². The topological polar surface area (TPSA) is 107 Å². The second-order valence-electron chi connectivity index (χ2n) is 11.0. The lowest BCUT2D eigenvalue weighted by Crippen LogP contribution is -2.51. The number of ether oxygens (including phenoxy) is 2. The number of anilines is 2. The second kappa shape index (κ2) is 12.3. The number of methoxy groups -OCH3 is 1. The molecule has 0 spiro atoms. The van der Waals surface area contributed by atoms with E-state index in [0.29, 0.717) is 60.3 Å². The molecular formula is C30H34F2N6O4S. The van der Waals surface area contributed by atoms with Gasteiger partial charge in [-0.1, -0.05) is 6.92 Å². The number of hydrogen-bond acceptors (Lipinski definition) is 8. The monoisotopic (exact) mass is 612 g/mol. The number of nitrogens with one attached hydrogen (secondary N) is 1. The van der Waals surface area contributed by atoms with Gasteiger partial charge in [0.1, 0.15) is 5.60 Å². The molecule has 2 aromatic heterocycles. The summed E-state index contributed by atoms with van der Waals surface area (Å²) in [5.74, 6) is -1.87. The van der Waals surface area contributed by atoms with E-state index in [0.717, 1.165) is 5.56 Å². The van der Waals surface area contributed by atoms with Crippen molar-refractivity contribution in [3.8, 4) is 17.0 Å². The van der Waals surface area contributed by atoms with E-state index >= 15 is 0 Å². The van der Waals surface area contributed by atoms with E-state index in [-0.39, 0.29) is 17.4 Å². The summed E-state index contributed by atoms with van der Waals surface area (Å²) >= 11 is -1.41. The van der Waals surface area contributed by atoms with Crippen LogP contribution in [0.5, 0.6) is 5.75 Å². The van der Waals surface area contributed by atoms with Crippen molar-refractivity contribution in [3.63, 3.8) is 0 Å². The number of nitrogens with zero attached hydrogens (tertiary/aromatic N) is 5. The minimum absolute atomic E-state index is 0.0370. The summed E-state index contributed by atoms with van der Waals surface area (Å²) in [6.45, 7) is 9.25. The van der Waals surface area contributed by atoms with Gasteiger partial charge in [-0.15, -0.1) is 4.31 Å². The van der Waals surface area contributed by atoms with Crippen LogP contribution in [-0.4, -0.2) is 73.1 Å². The highest BCUT2D eigenvalue weighted by atomic mass is 32.2. The van der Waals surface area contributed by atoms with Gasteiger partial charge in [0.05, 0.1) is 43.5 Å². The van der Waals surface area contributed by atoms with E-state index in [1.54, 1.807) is 21.7 Å². The van der Waals surface area contributed by atoms with E-state index in [9.17, 15) is 18.1 Å². The van der Waals surface area contributed by atoms with E-state index in [1.807, 2.05) is 50.2 Å². The quantitative estimate of drug-likeness (QED) is 0.270. The van der Waals surface area contributed by atoms with Crippen molar-refractivity contribution in [2.75, 3.05) is 38.6 Å². The number of piperazine rings is 1. The van der Waals surface area contributed by atoms with Crippen LogP contribution in [0, 0.1) is 11.6 Å². The van der Waals surface area contributed by atoms with Crippen LogP contribution >= 0.6 is 0 Å². The molecular weight excluding hydrogens is 578 g/mol. The van der Waals surface area contributed by atoms with Gasteiger partial charge in [0.2, 0.25) is 5.82 Å². The summed E-state index contributed by atoms with van der Waals surface area (Å²) < 4.78 is 56.6. The highest BCUT2D eigenvalue weighted by molar-refractivity contribution is 7.89. The van der Waals surface area contributed by atoms with Crippen LogP contribution in [0.15, 0.2) is 53.8 Å². The molecule has 13 heteroatoms. The summed E-state index contributed by atoms with van der Waals surface area (Å²) in [5.41, 5.74) is 1.84. The maximum absolute atomic E-state index is 14.8. The molecule has 0 aliphatic carbocycles. The van der Waals surface area contributed by atoms with Crippen LogP contribution in [0.25, 0.3) is 16.9 Å². The lowest BCUT2D eigenvalue weighted by atomic mass is 10.1. The maximum atomic E-state index is 14.8. The number of carbonyl (C=O) groups is 1. The standard InChI is InChI=1S/C30H34F2N6O4S/c1-6-19-17-20(7-10-24(19)43(40)37-15-13-36(14-16-37)29(39)42-30(2,3)4)35-27-28-34-18-22(38(28)12-11-33-27)21-8-9-23(41-5)26(32)25(21)31/h7-12,17-18H,6,13-16H2,1-5H3,(H,33,35). The Bertz CT molecular complexity index is 1640. The Kier molecular flexibility index (Phi) is 8.76. The van der Waals surface area contributed by atoms with E-state index < -0.39 is 28.6 Å². The third kappa shape index (κ3) is 6.38. The molecule has 10 nitrogen and oxygen atoms in total. The van der Waals surface area contributed by atoms with Gasteiger partial charge in [0, 0.05) is 42.3 Å². The summed E-state index contributed by atoms with van der Waals surface area (Å²) in [6.07, 6.45) is 4.90. The van der Waals surface area contributed by atoms with E-state index in [2.05, 4.69) is 15.3 Å². The number of fused-ring (bicyclic) bond motifs is 1. The molecule has 1 atom stereocenters. The molecule has 5 rings (SSSR count). The van der Waals surface area contributed by atoms with Gasteiger partial charge >= 0.3 is 6.09 Å². The number of aromatic nitrogens is 3.